The summed E-state index contributed by atoms with van der Waals surface area (Å²) in [5, 5.41) is 11.5. The number of aryl methyl sites for hydroxylation is 1. The summed E-state index contributed by atoms with van der Waals surface area (Å²) in [5.74, 6) is 3.11. The molecule has 3 fully saturated rings. The Morgan fingerprint density at radius 3 is 2.43 bits per heavy atom. The van der Waals surface area contributed by atoms with Gasteiger partial charge in [0.15, 0.2) is 5.89 Å². The first-order valence-electron chi connectivity index (χ1n) is 17.0. The molecule has 9 nitrogen and oxygen atoms in total. The van der Waals surface area contributed by atoms with E-state index >= 15 is 0 Å². The van der Waals surface area contributed by atoms with Gasteiger partial charge < -0.3 is 29.2 Å². The second-order valence-electron chi connectivity index (χ2n) is 13.3. The molecule has 3 aliphatic carbocycles. The molecule has 1 aromatic heterocycles. The Hall–Kier alpha value is -3.85. The van der Waals surface area contributed by atoms with Crippen molar-refractivity contribution in [3.8, 4) is 17.0 Å². The van der Waals surface area contributed by atoms with Gasteiger partial charge in [-0.15, -0.1) is 0 Å². The minimum Gasteiger partial charge on any atom is -0.496 e. The standard InChI is InChI=1S/C37H47N3O6/c1-24-20-29(14-17-34(24)44-2)26-8-6-25(7-9-26)22-40(36(42)28-12-15-32(16-13-28)46-37(43)38-18-19-41)31-5-3-4-30(21-31)33-23-45-35(39-33)27-10-11-27/h3-5,14,17,20-21,23,25-28,32,41H,6-13,15-16,18-19,22H2,1-2H3,(H,38,43). The van der Waals surface area contributed by atoms with E-state index in [0.29, 0.717) is 50.0 Å². The van der Waals surface area contributed by atoms with Gasteiger partial charge in [-0.1, -0.05) is 24.3 Å². The number of rotatable bonds is 11. The first-order valence-corrected chi connectivity index (χ1v) is 17.0. The minimum atomic E-state index is -0.514. The molecule has 2 N–H and O–H groups in total. The summed E-state index contributed by atoms with van der Waals surface area (Å²) in [7, 11) is 1.71. The molecule has 3 aliphatic rings. The molecule has 0 unspecified atom stereocenters. The van der Waals surface area contributed by atoms with Crippen LogP contribution in [-0.4, -0.2) is 55.0 Å². The Kier molecular flexibility index (Phi) is 10.3. The van der Waals surface area contributed by atoms with E-state index in [0.717, 1.165) is 67.1 Å². The van der Waals surface area contributed by atoms with Crippen molar-refractivity contribution in [1.82, 2.24) is 10.3 Å². The number of ether oxygens (including phenoxy) is 2. The van der Waals surface area contributed by atoms with E-state index in [1.54, 1.807) is 13.4 Å². The van der Waals surface area contributed by atoms with Gasteiger partial charge in [0.25, 0.3) is 0 Å². The normalized spacial score (nSPS) is 23.0. The van der Waals surface area contributed by atoms with Crippen molar-refractivity contribution < 1.29 is 28.6 Å². The van der Waals surface area contributed by atoms with Crippen molar-refractivity contribution in [2.24, 2.45) is 11.8 Å². The van der Waals surface area contributed by atoms with Crippen molar-refractivity contribution in [1.29, 1.82) is 0 Å². The van der Waals surface area contributed by atoms with Crippen molar-refractivity contribution in [2.75, 3.05) is 31.7 Å². The highest BCUT2D eigenvalue weighted by molar-refractivity contribution is 5.95. The van der Waals surface area contributed by atoms with E-state index in [9.17, 15) is 9.59 Å². The van der Waals surface area contributed by atoms with Crippen LogP contribution in [0, 0.1) is 18.8 Å². The van der Waals surface area contributed by atoms with Crippen LogP contribution >= 0.6 is 0 Å². The smallest absolute Gasteiger partial charge is 0.407 e. The van der Waals surface area contributed by atoms with E-state index in [1.807, 2.05) is 23.1 Å². The Morgan fingerprint density at radius 1 is 0.978 bits per heavy atom. The van der Waals surface area contributed by atoms with Gasteiger partial charge in [0.05, 0.1) is 13.7 Å². The van der Waals surface area contributed by atoms with E-state index in [-0.39, 0.29) is 31.1 Å². The first-order chi connectivity index (χ1) is 22.4. The van der Waals surface area contributed by atoms with Crippen LogP contribution in [0.2, 0.25) is 0 Å². The molecule has 46 heavy (non-hydrogen) atoms. The lowest BCUT2D eigenvalue weighted by atomic mass is 9.78. The number of methoxy groups -OCH3 is 1. The predicted molar refractivity (Wildman–Crippen MR) is 176 cm³/mol. The lowest BCUT2D eigenvalue weighted by Crippen LogP contribution is -2.42. The number of benzene rings is 2. The van der Waals surface area contributed by atoms with Crippen LogP contribution in [0.25, 0.3) is 11.3 Å². The molecule has 0 radical (unpaired) electrons. The Morgan fingerprint density at radius 2 is 1.74 bits per heavy atom. The van der Waals surface area contributed by atoms with Crippen molar-refractivity contribution in [3.05, 3.63) is 65.7 Å². The Balaban J connectivity index is 1.15. The molecule has 0 atom stereocenters. The van der Waals surface area contributed by atoms with Crippen molar-refractivity contribution in [2.45, 2.75) is 89.1 Å². The zero-order valence-corrected chi connectivity index (χ0v) is 27.1. The highest BCUT2D eigenvalue weighted by Gasteiger charge is 2.34. The molecule has 0 bridgehead atoms. The molecule has 3 saturated carbocycles. The molecule has 3 aromatic rings. The number of carbonyl (C=O) groups is 2. The number of hydrogen-bond donors (Lipinski definition) is 2. The molecule has 0 spiro atoms. The number of carbonyl (C=O) groups excluding carboxylic acids is 2. The number of nitrogens with zero attached hydrogens (tertiary/aromatic N) is 2. The topological polar surface area (TPSA) is 114 Å². The summed E-state index contributed by atoms with van der Waals surface area (Å²) in [6.45, 7) is 2.82. The molecule has 2 amide bonds. The van der Waals surface area contributed by atoms with Gasteiger partial charge in [-0.2, -0.15) is 0 Å². The molecule has 246 valence electrons. The molecular weight excluding hydrogens is 582 g/mol. The van der Waals surface area contributed by atoms with E-state index in [4.69, 9.17) is 24.0 Å². The largest absolute Gasteiger partial charge is 0.496 e. The molecule has 0 saturated heterocycles. The third-order valence-electron chi connectivity index (χ3n) is 10.0. The van der Waals surface area contributed by atoms with Crippen LogP contribution in [0.15, 0.2) is 53.1 Å². The Bertz CT molecular complexity index is 1480. The van der Waals surface area contributed by atoms with Crippen LogP contribution in [0.5, 0.6) is 5.75 Å². The Labute approximate surface area is 271 Å². The van der Waals surface area contributed by atoms with Gasteiger partial charge in [0.2, 0.25) is 5.91 Å². The number of alkyl carbamates (subject to hydrolysis) is 1. The number of hydrogen-bond acceptors (Lipinski definition) is 7. The molecule has 6 rings (SSSR count). The average Bonchev–Trinajstić information content (AvgIpc) is 3.82. The SMILES string of the molecule is COc1ccc(C2CCC(CN(C(=O)C3CCC(OC(=O)NCCO)CC3)c3cccc(-c4coc(C5CC5)n4)c3)CC2)cc1C. The zero-order chi connectivity index (χ0) is 32.0. The number of aliphatic hydroxyl groups excluding tert-OH is 1. The van der Waals surface area contributed by atoms with Crippen LogP contribution in [0.3, 0.4) is 0 Å². The fraction of sp³-hybridized carbons (Fsp3) is 0.541. The number of amides is 2. The quantitative estimate of drug-likeness (QED) is 0.232. The summed E-state index contributed by atoms with van der Waals surface area (Å²) in [4.78, 5) is 33.1. The molecule has 9 heteroatoms. The molecular formula is C37H47N3O6. The summed E-state index contributed by atoms with van der Waals surface area (Å²) >= 11 is 0. The number of aromatic nitrogens is 1. The van der Waals surface area contributed by atoms with E-state index in [2.05, 4.69) is 36.5 Å². The van der Waals surface area contributed by atoms with Crippen molar-refractivity contribution >= 4 is 17.7 Å². The van der Waals surface area contributed by atoms with Gasteiger partial charge in [0, 0.05) is 36.2 Å². The van der Waals surface area contributed by atoms with E-state index < -0.39 is 6.09 Å². The van der Waals surface area contributed by atoms with Crippen LogP contribution in [0.1, 0.15) is 93.1 Å². The summed E-state index contributed by atoms with van der Waals surface area (Å²) in [6.07, 6.45) is 10.2. The number of aliphatic hydroxyl groups is 1. The number of anilines is 1. The van der Waals surface area contributed by atoms with Crippen molar-refractivity contribution in [3.63, 3.8) is 0 Å². The third-order valence-corrected chi connectivity index (χ3v) is 10.0. The zero-order valence-electron chi connectivity index (χ0n) is 27.1. The van der Waals surface area contributed by atoms with Crippen LogP contribution in [-0.2, 0) is 9.53 Å². The fourth-order valence-corrected chi connectivity index (χ4v) is 7.18. The highest BCUT2D eigenvalue weighted by Crippen LogP contribution is 2.41. The van der Waals surface area contributed by atoms with Crippen LogP contribution in [0.4, 0.5) is 10.5 Å². The van der Waals surface area contributed by atoms with Gasteiger partial charge in [-0.05, 0) is 112 Å². The average molecular weight is 630 g/mol. The summed E-state index contributed by atoms with van der Waals surface area (Å²) in [6, 6.07) is 14.7. The second-order valence-corrected chi connectivity index (χ2v) is 13.3. The van der Waals surface area contributed by atoms with E-state index in [1.165, 1.54) is 11.1 Å². The molecule has 1 heterocycles. The molecule has 0 aliphatic heterocycles. The number of oxazole rings is 1. The molecule has 2 aromatic carbocycles. The predicted octanol–water partition coefficient (Wildman–Crippen LogP) is 7.12. The number of nitrogens with one attached hydrogen (secondary N) is 1. The van der Waals surface area contributed by atoms with Gasteiger partial charge in [-0.25, -0.2) is 9.78 Å². The highest BCUT2D eigenvalue weighted by atomic mass is 16.6. The monoisotopic (exact) mass is 629 g/mol. The van der Waals surface area contributed by atoms with Gasteiger partial charge in [-0.3, -0.25) is 4.79 Å². The minimum absolute atomic E-state index is 0.129. The van der Waals surface area contributed by atoms with Gasteiger partial charge >= 0.3 is 6.09 Å². The maximum atomic E-state index is 14.3. The lowest BCUT2D eigenvalue weighted by molar-refractivity contribution is -0.124. The third kappa shape index (κ3) is 7.74. The summed E-state index contributed by atoms with van der Waals surface area (Å²) < 4.78 is 16.8. The maximum absolute atomic E-state index is 14.3. The lowest BCUT2D eigenvalue weighted by Gasteiger charge is -2.36. The van der Waals surface area contributed by atoms with Crippen LogP contribution < -0.4 is 15.0 Å². The fourth-order valence-electron chi connectivity index (χ4n) is 7.18. The summed E-state index contributed by atoms with van der Waals surface area (Å²) in [5.41, 5.74) is 5.20. The van der Waals surface area contributed by atoms with Gasteiger partial charge in [0.1, 0.15) is 23.8 Å². The first kappa shape index (κ1) is 32.1. The second kappa shape index (κ2) is 14.7. The maximum Gasteiger partial charge on any atom is 0.407 e.